The molecule has 1 saturated carbocycles. The molecular weight excluding hydrogens is 364 g/mol. The number of ether oxygens (including phenoxy) is 1. The number of hydrogen-bond donors (Lipinski definition) is 2. The summed E-state index contributed by atoms with van der Waals surface area (Å²) in [5, 5.41) is 17.5. The summed E-state index contributed by atoms with van der Waals surface area (Å²) in [5.74, 6) is 0.228. The molecule has 3 aliphatic rings. The molecule has 6 nitrogen and oxygen atoms in total. The van der Waals surface area contributed by atoms with Crippen molar-refractivity contribution in [2.45, 2.75) is 62.7 Å². The second-order valence-electron chi connectivity index (χ2n) is 8.53. The number of aliphatic hydroxyl groups is 1. The number of carbonyl (C=O) groups excluding carboxylic acids is 2. The Hall–Kier alpha value is -1.44. The lowest BCUT2D eigenvalue weighted by Crippen LogP contribution is -2.66. The zero-order valence-corrected chi connectivity index (χ0v) is 16.6. The van der Waals surface area contributed by atoms with Crippen LogP contribution in [0.1, 0.15) is 55.8 Å². The van der Waals surface area contributed by atoms with E-state index in [4.69, 9.17) is 4.74 Å². The van der Waals surface area contributed by atoms with Crippen LogP contribution in [-0.4, -0.2) is 58.8 Å². The maximum Gasteiger partial charge on any atom is 0.254 e. The number of hydrogen-bond acceptors (Lipinski definition) is 5. The topological polar surface area (TPSA) is 78.9 Å². The first-order chi connectivity index (χ1) is 12.9. The highest BCUT2D eigenvalue weighted by molar-refractivity contribution is 7.08. The van der Waals surface area contributed by atoms with E-state index in [1.807, 2.05) is 28.7 Å². The number of piperidine rings is 1. The number of amides is 2. The average Bonchev–Trinajstić information content (AvgIpc) is 3.11. The van der Waals surface area contributed by atoms with Crippen molar-refractivity contribution in [2.24, 2.45) is 5.92 Å². The minimum absolute atomic E-state index is 0.0601. The molecular formula is C20H28N2O4S. The number of carbonyl (C=O) groups is 2. The Morgan fingerprint density at radius 2 is 2.07 bits per heavy atom. The summed E-state index contributed by atoms with van der Waals surface area (Å²) < 4.78 is 6.08. The molecule has 148 valence electrons. The largest absolute Gasteiger partial charge is 0.388 e. The van der Waals surface area contributed by atoms with Crippen LogP contribution in [0.5, 0.6) is 0 Å². The molecule has 2 N–H and O–H groups in total. The molecule has 1 aromatic heterocycles. The van der Waals surface area contributed by atoms with Crippen molar-refractivity contribution in [1.29, 1.82) is 0 Å². The van der Waals surface area contributed by atoms with Crippen molar-refractivity contribution in [3.8, 4) is 0 Å². The molecule has 0 aromatic carbocycles. The van der Waals surface area contributed by atoms with Gasteiger partial charge in [-0.2, -0.15) is 11.3 Å². The van der Waals surface area contributed by atoms with Gasteiger partial charge >= 0.3 is 0 Å². The van der Waals surface area contributed by atoms with Gasteiger partial charge in [0, 0.05) is 30.8 Å². The number of nitrogens with one attached hydrogen (secondary N) is 1. The molecule has 0 unspecified atom stereocenters. The molecule has 4 rings (SSSR count). The van der Waals surface area contributed by atoms with Crippen LogP contribution in [0, 0.1) is 5.92 Å². The predicted molar refractivity (Wildman–Crippen MR) is 103 cm³/mol. The van der Waals surface area contributed by atoms with Gasteiger partial charge in [-0.15, -0.1) is 0 Å². The summed E-state index contributed by atoms with van der Waals surface area (Å²) in [4.78, 5) is 26.9. The lowest BCUT2D eigenvalue weighted by atomic mass is 9.74. The van der Waals surface area contributed by atoms with E-state index in [1.54, 1.807) is 0 Å². The van der Waals surface area contributed by atoms with Crippen LogP contribution in [0.3, 0.4) is 0 Å². The highest BCUT2D eigenvalue weighted by Crippen LogP contribution is 2.40. The molecule has 2 atom stereocenters. The Morgan fingerprint density at radius 1 is 1.33 bits per heavy atom. The van der Waals surface area contributed by atoms with Gasteiger partial charge in [0.25, 0.3) is 5.91 Å². The van der Waals surface area contributed by atoms with E-state index in [-0.39, 0.29) is 29.9 Å². The van der Waals surface area contributed by atoms with Gasteiger partial charge in [-0.1, -0.05) is 6.42 Å². The highest BCUT2D eigenvalue weighted by atomic mass is 32.1. The Morgan fingerprint density at radius 3 is 2.67 bits per heavy atom. The Balaban J connectivity index is 1.40. The average molecular weight is 393 g/mol. The van der Waals surface area contributed by atoms with Crippen LogP contribution in [0.2, 0.25) is 0 Å². The summed E-state index contributed by atoms with van der Waals surface area (Å²) in [7, 11) is 0. The first-order valence-electron chi connectivity index (χ1n) is 9.86. The molecule has 2 saturated heterocycles. The zero-order valence-electron chi connectivity index (χ0n) is 15.8. The third-order valence-corrected chi connectivity index (χ3v) is 7.27. The lowest BCUT2D eigenvalue weighted by Gasteiger charge is -2.52. The molecule has 1 aliphatic carbocycles. The molecule has 7 heteroatoms. The summed E-state index contributed by atoms with van der Waals surface area (Å²) in [6.45, 7) is 3.43. The first-order valence-corrected chi connectivity index (χ1v) is 10.8. The van der Waals surface area contributed by atoms with E-state index in [9.17, 15) is 14.7 Å². The van der Waals surface area contributed by atoms with Crippen molar-refractivity contribution in [1.82, 2.24) is 10.2 Å². The lowest BCUT2D eigenvalue weighted by molar-refractivity contribution is -0.180. The van der Waals surface area contributed by atoms with Crippen LogP contribution < -0.4 is 5.32 Å². The van der Waals surface area contributed by atoms with Crippen molar-refractivity contribution >= 4 is 23.2 Å². The van der Waals surface area contributed by atoms with Crippen molar-refractivity contribution in [2.75, 3.05) is 19.7 Å². The SMILES string of the molecule is C[C@]1(NC(=O)C2CCC2)CC2(CCN(C(=O)c3ccsc3)CC2)OC[C@@H]1O. The van der Waals surface area contributed by atoms with E-state index in [1.165, 1.54) is 11.3 Å². The number of thiophene rings is 1. The van der Waals surface area contributed by atoms with Gasteiger partial charge in [-0.05, 0) is 44.1 Å². The number of aliphatic hydroxyl groups excluding tert-OH is 1. The monoisotopic (exact) mass is 392 g/mol. The van der Waals surface area contributed by atoms with Crippen LogP contribution in [0.15, 0.2) is 16.8 Å². The van der Waals surface area contributed by atoms with Crippen LogP contribution in [0.25, 0.3) is 0 Å². The fourth-order valence-electron chi connectivity index (χ4n) is 4.47. The van der Waals surface area contributed by atoms with Gasteiger partial charge in [-0.3, -0.25) is 9.59 Å². The van der Waals surface area contributed by atoms with Gasteiger partial charge < -0.3 is 20.1 Å². The molecule has 27 heavy (non-hydrogen) atoms. The molecule has 1 aromatic rings. The zero-order chi connectivity index (χ0) is 19.1. The minimum Gasteiger partial charge on any atom is -0.388 e. The molecule has 3 fully saturated rings. The summed E-state index contributed by atoms with van der Waals surface area (Å²) in [6, 6.07) is 1.86. The van der Waals surface area contributed by atoms with E-state index in [0.29, 0.717) is 19.5 Å². The van der Waals surface area contributed by atoms with Crippen LogP contribution >= 0.6 is 11.3 Å². The number of rotatable bonds is 3. The number of nitrogens with zero attached hydrogens (tertiary/aromatic N) is 1. The minimum atomic E-state index is -0.711. The summed E-state index contributed by atoms with van der Waals surface area (Å²) in [5.41, 5.74) is -0.315. The highest BCUT2D eigenvalue weighted by Gasteiger charge is 2.51. The maximum atomic E-state index is 12.6. The molecule has 3 heterocycles. The predicted octanol–water partition coefficient (Wildman–Crippen LogP) is 2.18. The third kappa shape index (κ3) is 3.65. The molecule has 0 bridgehead atoms. The van der Waals surface area contributed by atoms with Gasteiger partial charge in [-0.25, -0.2) is 0 Å². The van der Waals surface area contributed by atoms with E-state index in [2.05, 4.69) is 5.32 Å². The van der Waals surface area contributed by atoms with Crippen molar-refractivity contribution < 1.29 is 19.4 Å². The Bertz CT molecular complexity index is 695. The Labute approximate surface area is 163 Å². The summed E-state index contributed by atoms with van der Waals surface area (Å²) in [6.07, 6.45) is 4.32. The smallest absolute Gasteiger partial charge is 0.254 e. The van der Waals surface area contributed by atoms with Gasteiger partial charge in [0.05, 0.1) is 23.3 Å². The number of likely N-dealkylation sites (tertiary alicyclic amines) is 1. The Kier molecular flexibility index (Phi) is 5.03. The molecule has 0 radical (unpaired) electrons. The van der Waals surface area contributed by atoms with Crippen molar-refractivity contribution in [3.05, 3.63) is 22.4 Å². The quantitative estimate of drug-likeness (QED) is 0.826. The normalized spacial score (nSPS) is 30.7. The van der Waals surface area contributed by atoms with E-state index in [0.717, 1.165) is 37.7 Å². The maximum absolute atomic E-state index is 12.6. The molecule has 2 aliphatic heterocycles. The van der Waals surface area contributed by atoms with E-state index < -0.39 is 11.6 Å². The second kappa shape index (κ2) is 7.18. The standard InChI is InChI=1S/C20H28N2O4S/c1-19(21-17(24)14-3-2-4-14)13-20(26-11-16(19)23)6-8-22(9-7-20)18(25)15-5-10-27-12-15/h5,10,12,14,16,23H,2-4,6-9,11,13H2,1H3,(H,21,24)/t16-,19-/m0/s1. The fraction of sp³-hybridized carbons (Fsp3) is 0.700. The van der Waals surface area contributed by atoms with Crippen LogP contribution in [-0.2, 0) is 9.53 Å². The van der Waals surface area contributed by atoms with Gasteiger partial charge in [0.1, 0.15) is 6.10 Å². The van der Waals surface area contributed by atoms with Gasteiger partial charge in [0.15, 0.2) is 0 Å². The third-order valence-electron chi connectivity index (χ3n) is 6.59. The fourth-order valence-corrected chi connectivity index (χ4v) is 5.10. The second-order valence-corrected chi connectivity index (χ2v) is 9.31. The first kappa shape index (κ1) is 18.9. The summed E-state index contributed by atoms with van der Waals surface area (Å²) >= 11 is 1.53. The van der Waals surface area contributed by atoms with Crippen molar-refractivity contribution in [3.63, 3.8) is 0 Å². The van der Waals surface area contributed by atoms with Gasteiger partial charge in [0.2, 0.25) is 5.91 Å². The van der Waals surface area contributed by atoms with Crippen LogP contribution in [0.4, 0.5) is 0 Å². The molecule has 2 amide bonds. The van der Waals surface area contributed by atoms with E-state index >= 15 is 0 Å². The molecule has 1 spiro atoms.